The quantitative estimate of drug-likeness (QED) is 0.759. The first-order chi connectivity index (χ1) is 9.51. The number of hydrogen-bond acceptors (Lipinski definition) is 4. The Kier molecular flexibility index (Phi) is 4.99. The van der Waals surface area contributed by atoms with Crippen LogP contribution < -0.4 is 5.32 Å². The van der Waals surface area contributed by atoms with Gasteiger partial charge in [-0.25, -0.2) is 0 Å². The van der Waals surface area contributed by atoms with Crippen LogP contribution in [0.25, 0.3) is 0 Å². The molecule has 1 atom stereocenters. The summed E-state index contributed by atoms with van der Waals surface area (Å²) in [7, 11) is 0. The smallest absolute Gasteiger partial charge is 0.304 e. The Labute approximate surface area is 120 Å². The number of nitrogens with one attached hydrogen (secondary N) is 1. The number of rotatable bonds is 4. The van der Waals surface area contributed by atoms with Gasteiger partial charge in [-0.3, -0.25) is 14.5 Å². The summed E-state index contributed by atoms with van der Waals surface area (Å²) in [6, 6.07) is 0. The molecule has 1 unspecified atom stereocenters. The lowest BCUT2D eigenvalue weighted by atomic mass is 9.81. The van der Waals surface area contributed by atoms with Crippen molar-refractivity contribution in [1.29, 1.82) is 0 Å². The van der Waals surface area contributed by atoms with Gasteiger partial charge in [-0.1, -0.05) is 0 Å². The molecule has 0 spiro atoms. The SMILES string of the molecule is CC1(C(=O)N2CCN(CCC(=O)O)CC2)CCCNC1. The fourth-order valence-electron chi connectivity index (χ4n) is 3.05. The third-order valence-corrected chi connectivity index (χ3v) is 4.41. The third-order valence-electron chi connectivity index (χ3n) is 4.41. The average Bonchev–Trinajstić information content (AvgIpc) is 2.45. The van der Waals surface area contributed by atoms with E-state index in [2.05, 4.69) is 17.1 Å². The molecule has 2 aliphatic heterocycles. The van der Waals surface area contributed by atoms with Gasteiger partial charge in [-0.15, -0.1) is 0 Å². The van der Waals surface area contributed by atoms with E-state index in [0.717, 1.165) is 39.0 Å². The number of carbonyl (C=O) groups is 2. The maximum absolute atomic E-state index is 12.6. The van der Waals surface area contributed by atoms with Crippen LogP contribution in [0.4, 0.5) is 0 Å². The Morgan fingerprint density at radius 2 is 1.95 bits per heavy atom. The molecule has 0 saturated carbocycles. The van der Waals surface area contributed by atoms with Crippen molar-refractivity contribution in [3.05, 3.63) is 0 Å². The van der Waals surface area contributed by atoms with Gasteiger partial charge in [0.2, 0.25) is 5.91 Å². The van der Waals surface area contributed by atoms with E-state index < -0.39 is 5.97 Å². The maximum atomic E-state index is 12.6. The average molecular weight is 283 g/mol. The molecular weight excluding hydrogens is 258 g/mol. The van der Waals surface area contributed by atoms with Crippen LogP contribution in [-0.2, 0) is 9.59 Å². The van der Waals surface area contributed by atoms with E-state index in [1.54, 1.807) is 0 Å². The van der Waals surface area contributed by atoms with E-state index in [1.807, 2.05) is 4.90 Å². The molecule has 2 fully saturated rings. The second-order valence-electron chi connectivity index (χ2n) is 6.12. The zero-order chi connectivity index (χ0) is 14.6. The van der Waals surface area contributed by atoms with Crippen LogP contribution >= 0.6 is 0 Å². The summed E-state index contributed by atoms with van der Waals surface area (Å²) in [5.41, 5.74) is -0.262. The van der Waals surface area contributed by atoms with Gasteiger partial charge in [0.1, 0.15) is 0 Å². The summed E-state index contributed by atoms with van der Waals surface area (Å²) >= 11 is 0. The lowest BCUT2D eigenvalue weighted by molar-refractivity contribution is -0.144. The fraction of sp³-hybridized carbons (Fsp3) is 0.857. The Bertz CT molecular complexity index is 359. The molecule has 0 aromatic rings. The zero-order valence-corrected chi connectivity index (χ0v) is 12.2. The molecule has 0 aromatic heterocycles. The van der Waals surface area contributed by atoms with Gasteiger partial charge in [-0.05, 0) is 26.3 Å². The minimum atomic E-state index is -0.760. The second-order valence-corrected chi connectivity index (χ2v) is 6.12. The van der Waals surface area contributed by atoms with Crippen molar-refractivity contribution in [1.82, 2.24) is 15.1 Å². The van der Waals surface area contributed by atoms with E-state index >= 15 is 0 Å². The molecule has 2 rings (SSSR count). The van der Waals surface area contributed by atoms with Crippen molar-refractivity contribution < 1.29 is 14.7 Å². The highest BCUT2D eigenvalue weighted by atomic mass is 16.4. The van der Waals surface area contributed by atoms with Crippen LogP contribution in [0.3, 0.4) is 0 Å². The molecule has 0 aliphatic carbocycles. The normalized spacial score (nSPS) is 28.4. The highest BCUT2D eigenvalue weighted by Gasteiger charge is 2.38. The van der Waals surface area contributed by atoms with Crippen molar-refractivity contribution in [3.63, 3.8) is 0 Å². The molecule has 2 aliphatic rings. The van der Waals surface area contributed by atoms with E-state index in [-0.39, 0.29) is 17.7 Å². The number of carbonyl (C=O) groups excluding carboxylic acids is 1. The number of amides is 1. The van der Waals surface area contributed by atoms with Crippen LogP contribution in [0.5, 0.6) is 0 Å². The minimum Gasteiger partial charge on any atom is -0.481 e. The molecule has 2 saturated heterocycles. The van der Waals surface area contributed by atoms with Crippen LogP contribution in [0.1, 0.15) is 26.2 Å². The Hall–Kier alpha value is -1.14. The van der Waals surface area contributed by atoms with E-state index in [1.165, 1.54) is 0 Å². The lowest BCUT2D eigenvalue weighted by Gasteiger charge is -2.41. The van der Waals surface area contributed by atoms with Crippen molar-refractivity contribution >= 4 is 11.9 Å². The highest BCUT2D eigenvalue weighted by molar-refractivity contribution is 5.83. The first kappa shape index (κ1) is 15.3. The van der Waals surface area contributed by atoms with Gasteiger partial charge in [0.15, 0.2) is 0 Å². The molecular formula is C14H25N3O3. The molecule has 0 radical (unpaired) electrons. The number of nitrogens with zero attached hydrogens (tertiary/aromatic N) is 2. The topological polar surface area (TPSA) is 72.9 Å². The first-order valence-electron chi connectivity index (χ1n) is 7.45. The van der Waals surface area contributed by atoms with Gasteiger partial charge in [0.05, 0.1) is 11.8 Å². The molecule has 6 nitrogen and oxygen atoms in total. The molecule has 114 valence electrons. The second kappa shape index (κ2) is 6.54. The number of aliphatic carboxylic acids is 1. The summed E-state index contributed by atoms with van der Waals surface area (Å²) < 4.78 is 0. The molecule has 20 heavy (non-hydrogen) atoms. The molecule has 0 bridgehead atoms. The van der Waals surface area contributed by atoms with Gasteiger partial charge in [-0.2, -0.15) is 0 Å². The van der Waals surface area contributed by atoms with Crippen molar-refractivity contribution in [3.8, 4) is 0 Å². The Morgan fingerprint density at radius 3 is 2.50 bits per heavy atom. The molecule has 2 N–H and O–H groups in total. The summed E-state index contributed by atoms with van der Waals surface area (Å²) in [6.07, 6.45) is 2.19. The zero-order valence-electron chi connectivity index (χ0n) is 12.2. The fourth-order valence-corrected chi connectivity index (χ4v) is 3.05. The predicted octanol–water partition coefficient (Wildman–Crippen LogP) is -0.00500. The Balaban J connectivity index is 1.81. The van der Waals surface area contributed by atoms with Crippen molar-refractivity contribution in [2.24, 2.45) is 5.41 Å². The third kappa shape index (κ3) is 3.70. The number of carboxylic acid groups (broad SMARTS) is 1. The molecule has 2 heterocycles. The molecule has 6 heteroatoms. The Morgan fingerprint density at radius 1 is 1.25 bits per heavy atom. The van der Waals surface area contributed by atoms with Crippen LogP contribution in [-0.4, -0.2) is 72.6 Å². The first-order valence-corrected chi connectivity index (χ1v) is 7.45. The lowest BCUT2D eigenvalue weighted by Crippen LogP contribution is -2.55. The maximum Gasteiger partial charge on any atom is 0.304 e. The monoisotopic (exact) mass is 283 g/mol. The minimum absolute atomic E-state index is 0.176. The molecule has 0 aromatic carbocycles. The summed E-state index contributed by atoms with van der Waals surface area (Å²) in [5.74, 6) is -0.508. The van der Waals surface area contributed by atoms with Crippen LogP contribution in [0.15, 0.2) is 0 Å². The predicted molar refractivity (Wildman–Crippen MR) is 75.5 cm³/mol. The van der Waals surface area contributed by atoms with Crippen molar-refractivity contribution in [2.45, 2.75) is 26.2 Å². The largest absolute Gasteiger partial charge is 0.481 e. The number of carboxylic acids is 1. The van der Waals surface area contributed by atoms with Gasteiger partial charge in [0, 0.05) is 39.3 Å². The molecule has 1 amide bonds. The highest BCUT2D eigenvalue weighted by Crippen LogP contribution is 2.28. The standard InChI is InChI=1S/C14H25N3O3/c1-14(4-2-5-15-11-14)13(20)17-9-7-16(8-10-17)6-3-12(18)19/h15H,2-11H2,1H3,(H,18,19). The van der Waals surface area contributed by atoms with Crippen LogP contribution in [0.2, 0.25) is 0 Å². The van der Waals surface area contributed by atoms with E-state index in [0.29, 0.717) is 19.6 Å². The number of piperidine rings is 1. The van der Waals surface area contributed by atoms with Gasteiger partial charge in [0.25, 0.3) is 0 Å². The summed E-state index contributed by atoms with van der Waals surface area (Å²) in [4.78, 5) is 27.3. The number of hydrogen-bond donors (Lipinski definition) is 2. The summed E-state index contributed by atoms with van der Waals surface area (Å²) in [6.45, 7) is 7.40. The van der Waals surface area contributed by atoms with E-state index in [9.17, 15) is 9.59 Å². The van der Waals surface area contributed by atoms with Gasteiger partial charge < -0.3 is 15.3 Å². The van der Waals surface area contributed by atoms with Gasteiger partial charge >= 0.3 is 5.97 Å². The summed E-state index contributed by atoms with van der Waals surface area (Å²) in [5, 5.41) is 12.0. The van der Waals surface area contributed by atoms with Crippen molar-refractivity contribution in [2.75, 3.05) is 45.8 Å². The number of piperazine rings is 1. The van der Waals surface area contributed by atoms with E-state index in [4.69, 9.17) is 5.11 Å². The van der Waals surface area contributed by atoms with Crippen LogP contribution in [0, 0.1) is 5.41 Å².